The third-order valence-electron chi connectivity index (χ3n) is 8.99. The van der Waals surface area contributed by atoms with Crippen molar-refractivity contribution in [1.82, 2.24) is 10.2 Å². The van der Waals surface area contributed by atoms with E-state index >= 15 is 0 Å². The first-order valence-electron chi connectivity index (χ1n) is 18.8. The fourth-order valence-corrected chi connectivity index (χ4v) is 6.21. The average Bonchev–Trinajstić information content (AvgIpc) is 3.42. The monoisotopic (exact) mass is 576 g/mol. The SMILES string of the molecule is CCCCCCCCCCCCCCCCCC(=O)NCCN1CCN=C1CCCCCCCCCCCCCC. The van der Waals surface area contributed by atoms with E-state index in [2.05, 4.69) is 24.1 Å². The van der Waals surface area contributed by atoms with Gasteiger partial charge in [0.15, 0.2) is 0 Å². The highest BCUT2D eigenvalue weighted by atomic mass is 16.1. The Kier molecular flexibility index (Phi) is 28.1. The number of amidine groups is 1. The van der Waals surface area contributed by atoms with E-state index in [0.717, 1.165) is 39.0 Å². The van der Waals surface area contributed by atoms with Crippen LogP contribution in [0.25, 0.3) is 0 Å². The minimum atomic E-state index is 0.235. The molecule has 0 aliphatic carbocycles. The van der Waals surface area contributed by atoms with Gasteiger partial charge < -0.3 is 10.2 Å². The highest BCUT2D eigenvalue weighted by Gasteiger charge is 2.16. The second-order valence-electron chi connectivity index (χ2n) is 13.0. The van der Waals surface area contributed by atoms with Crippen molar-refractivity contribution in [2.75, 3.05) is 26.2 Å². The maximum Gasteiger partial charge on any atom is 0.220 e. The third-order valence-corrected chi connectivity index (χ3v) is 8.99. The molecule has 1 rings (SSSR count). The Morgan fingerprint density at radius 1 is 0.585 bits per heavy atom. The average molecular weight is 576 g/mol. The number of unbranched alkanes of at least 4 members (excludes halogenated alkanes) is 25. The number of nitrogens with one attached hydrogen (secondary N) is 1. The van der Waals surface area contributed by atoms with Gasteiger partial charge in [-0.1, -0.05) is 174 Å². The molecule has 1 aliphatic heterocycles. The maximum absolute atomic E-state index is 12.3. The van der Waals surface area contributed by atoms with E-state index < -0.39 is 0 Å². The Hall–Kier alpha value is -1.06. The number of aliphatic imine (C=N–C) groups is 1. The highest BCUT2D eigenvalue weighted by Crippen LogP contribution is 2.15. The summed E-state index contributed by atoms with van der Waals surface area (Å²) in [6.45, 7) is 8.22. The topological polar surface area (TPSA) is 44.7 Å². The molecule has 1 aliphatic rings. The normalized spacial score (nSPS) is 13.2. The second kappa shape index (κ2) is 30.4. The lowest BCUT2D eigenvalue weighted by Crippen LogP contribution is -2.36. The van der Waals surface area contributed by atoms with Gasteiger partial charge in [-0.15, -0.1) is 0 Å². The van der Waals surface area contributed by atoms with Gasteiger partial charge in [0.2, 0.25) is 5.91 Å². The van der Waals surface area contributed by atoms with Crippen LogP contribution < -0.4 is 5.32 Å². The molecule has 0 atom stereocenters. The molecule has 0 saturated heterocycles. The van der Waals surface area contributed by atoms with Crippen LogP contribution in [0.5, 0.6) is 0 Å². The third kappa shape index (κ3) is 25.2. The Morgan fingerprint density at radius 2 is 0.976 bits per heavy atom. The molecule has 0 radical (unpaired) electrons. The minimum absolute atomic E-state index is 0.235. The minimum Gasteiger partial charge on any atom is -0.357 e. The van der Waals surface area contributed by atoms with Crippen molar-refractivity contribution in [2.45, 2.75) is 200 Å². The summed E-state index contributed by atoms with van der Waals surface area (Å²) < 4.78 is 0. The molecular formula is C37H73N3O. The number of carbonyl (C=O) groups excluding carboxylic acids is 1. The first-order chi connectivity index (χ1) is 20.3. The van der Waals surface area contributed by atoms with Crippen LogP contribution in [0.15, 0.2) is 4.99 Å². The zero-order chi connectivity index (χ0) is 29.5. The van der Waals surface area contributed by atoms with Crippen LogP contribution >= 0.6 is 0 Å². The van der Waals surface area contributed by atoms with Gasteiger partial charge in [-0.05, 0) is 12.8 Å². The van der Waals surface area contributed by atoms with E-state index in [1.54, 1.807) is 0 Å². The van der Waals surface area contributed by atoms with Crippen LogP contribution in [0, 0.1) is 0 Å². The summed E-state index contributed by atoms with van der Waals surface area (Å²) in [6.07, 6.45) is 39.0. The summed E-state index contributed by atoms with van der Waals surface area (Å²) in [7, 11) is 0. The van der Waals surface area contributed by atoms with Crippen molar-refractivity contribution in [3.8, 4) is 0 Å². The molecule has 0 spiro atoms. The van der Waals surface area contributed by atoms with E-state index in [1.165, 1.54) is 173 Å². The smallest absolute Gasteiger partial charge is 0.220 e. The van der Waals surface area contributed by atoms with Crippen molar-refractivity contribution in [3.05, 3.63) is 0 Å². The molecule has 41 heavy (non-hydrogen) atoms. The van der Waals surface area contributed by atoms with Gasteiger partial charge >= 0.3 is 0 Å². The van der Waals surface area contributed by atoms with Crippen molar-refractivity contribution in [1.29, 1.82) is 0 Å². The number of amides is 1. The molecule has 0 aromatic heterocycles. The van der Waals surface area contributed by atoms with E-state index in [0.29, 0.717) is 6.42 Å². The number of nitrogens with zero attached hydrogens (tertiary/aromatic N) is 2. The zero-order valence-electron chi connectivity index (χ0n) is 28.1. The number of hydrogen-bond acceptors (Lipinski definition) is 3. The van der Waals surface area contributed by atoms with Gasteiger partial charge in [0, 0.05) is 32.5 Å². The Morgan fingerprint density at radius 3 is 1.41 bits per heavy atom. The van der Waals surface area contributed by atoms with Crippen LogP contribution in [0.3, 0.4) is 0 Å². The van der Waals surface area contributed by atoms with Crippen molar-refractivity contribution in [3.63, 3.8) is 0 Å². The number of rotatable bonds is 32. The van der Waals surface area contributed by atoms with Gasteiger partial charge in [-0.3, -0.25) is 9.79 Å². The summed E-state index contributed by atoms with van der Waals surface area (Å²) >= 11 is 0. The zero-order valence-corrected chi connectivity index (χ0v) is 28.1. The molecule has 1 heterocycles. The van der Waals surface area contributed by atoms with Gasteiger partial charge in [0.25, 0.3) is 0 Å². The van der Waals surface area contributed by atoms with Gasteiger partial charge in [-0.2, -0.15) is 0 Å². The van der Waals surface area contributed by atoms with E-state index in [-0.39, 0.29) is 5.91 Å². The molecule has 4 nitrogen and oxygen atoms in total. The maximum atomic E-state index is 12.3. The van der Waals surface area contributed by atoms with Crippen LogP contribution in [-0.4, -0.2) is 42.8 Å². The predicted molar refractivity (Wildman–Crippen MR) is 182 cm³/mol. The summed E-state index contributed by atoms with van der Waals surface area (Å²) in [6, 6.07) is 0. The molecule has 0 bridgehead atoms. The van der Waals surface area contributed by atoms with Gasteiger partial charge in [0.1, 0.15) is 0 Å². The molecule has 0 fully saturated rings. The molecule has 0 aromatic rings. The Balaban J connectivity index is 1.85. The van der Waals surface area contributed by atoms with Crippen molar-refractivity contribution < 1.29 is 4.79 Å². The fourth-order valence-electron chi connectivity index (χ4n) is 6.21. The van der Waals surface area contributed by atoms with E-state index in [9.17, 15) is 4.79 Å². The van der Waals surface area contributed by atoms with Crippen LogP contribution in [-0.2, 0) is 4.79 Å². The molecule has 4 heteroatoms. The Labute approximate surface area is 257 Å². The van der Waals surface area contributed by atoms with Crippen molar-refractivity contribution in [2.24, 2.45) is 4.99 Å². The molecule has 0 unspecified atom stereocenters. The van der Waals surface area contributed by atoms with Gasteiger partial charge in [0.05, 0.1) is 12.4 Å². The molecule has 0 saturated carbocycles. The lowest BCUT2D eigenvalue weighted by atomic mass is 10.0. The number of hydrogen-bond donors (Lipinski definition) is 1. The summed E-state index contributed by atoms with van der Waals surface area (Å²) in [4.78, 5) is 19.4. The van der Waals surface area contributed by atoms with E-state index in [1.807, 2.05) is 0 Å². The molecular weight excluding hydrogens is 502 g/mol. The van der Waals surface area contributed by atoms with Crippen LogP contribution in [0.4, 0.5) is 0 Å². The van der Waals surface area contributed by atoms with Crippen LogP contribution in [0.2, 0.25) is 0 Å². The molecule has 1 N–H and O–H groups in total. The lowest BCUT2D eigenvalue weighted by Gasteiger charge is -2.20. The predicted octanol–water partition coefficient (Wildman–Crippen LogP) is 11.2. The Bertz CT molecular complexity index is 591. The summed E-state index contributed by atoms with van der Waals surface area (Å²) in [5, 5.41) is 3.16. The quantitative estimate of drug-likeness (QED) is 0.0811. The van der Waals surface area contributed by atoms with Crippen molar-refractivity contribution >= 4 is 11.7 Å². The number of carbonyl (C=O) groups is 1. The first kappa shape index (κ1) is 38.0. The van der Waals surface area contributed by atoms with E-state index in [4.69, 9.17) is 4.99 Å². The summed E-state index contributed by atoms with van der Waals surface area (Å²) in [5.41, 5.74) is 0. The van der Waals surface area contributed by atoms with Gasteiger partial charge in [-0.25, -0.2) is 0 Å². The molecule has 0 aromatic carbocycles. The lowest BCUT2D eigenvalue weighted by molar-refractivity contribution is -0.121. The second-order valence-corrected chi connectivity index (χ2v) is 13.0. The summed E-state index contributed by atoms with van der Waals surface area (Å²) in [5.74, 6) is 1.52. The molecule has 1 amide bonds. The van der Waals surface area contributed by atoms with Crippen LogP contribution in [0.1, 0.15) is 200 Å². The standard InChI is InChI=1S/C37H73N3O/c1-3-5-7-9-11-13-15-17-18-19-21-23-25-27-29-31-37(41)39-33-35-40-34-32-38-36(40)30-28-26-24-22-20-16-14-12-10-8-6-4-2/h3-35H2,1-2H3,(H,39,41). The largest absolute Gasteiger partial charge is 0.357 e. The first-order valence-corrected chi connectivity index (χ1v) is 18.8. The fraction of sp³-hybridized carbons (Fsp3) is 0.946. The molecule has 242 valence electrons. The highest BCUT2D eigenvalue weighted by molar-refractivity contribution is 5.83.